The Balaban J connectivity index is 1.83. The molecule has 3 nitrogen and oxygen atoms in total. The Morgan fingerprint density at radius 2 is 2.05 bits per heavy atom. The molecule has 3 heteroatoms. The number of nitrogens with one attached hydrogen (secondary N) is 1. The zero-order chi connectivity index (χ0) is 13.2. The van der Waals surface area contributed by atoms with E-state index < -0.39 is 0 Å². The van der Waals surface area contributed by atoms with Crippen LogP contribution >= 0.6 is 0 Å². The second-order valence-electron chi connectivity index (χ2n) is 5.79. The summed E-state index contributed by atoms with van der Waals surface area (Å²) in [5.41, 5.74) is 2.38. The number of imidazole rings is 1. The molecule has 1 fully saturated rings. The Hall–Kier alpha value is -1.35. The molecule has 0 bridgehead atoms. The predicted molar refractivity (Wildman–Crippen MR) is 79.2 cm³/mol. The van der Waals surface area contributed by atoms with Gasteiger partial charge in [0.1, 0.15) is 5.82 Å². The Labute approximate surface area is 115 Å². The Kier molecular flexibility index (Phi) is 3.56. The summed E-state index contributed by atoms with van der Waals surface area (Å²) in [4.78, 5) is 4.81. The van der Waals surface area contributed by atoms with Gasteiger partial charge in [0.05, 0.1) is 11.0 Å². The van der Waals surface area contributed by atoms with Crippen molar-refractivity contribution < 1.29 is 0 Å². The quantitative estimate of drug-likeness (QED) is 0.912. The van der Waals surface area contributed by atoms with Gasteiger partial charge in [-0.05, 0) is 50.4 Å². The summed E-state index contributed by atoms with van der Waals surface area (Å²) in [5.74, 6) is 2.86. The summed E-state index contributed by atoms with van der Waals surface area (Å²) in [6.07, 6.45) is 5.23. The molecule has 0 spiro atoms. The molecule has 0 saturated heterocycles. The Morgan fingerprint density at radius 3 is 2.84 bits per heavy atom. The van der Waals surface area contributed by atoms with Gasteiger partial charge in [-0.15, -0.1) is 0 Å². The van der Waals surface area contributed by atoms with Crippen molar-refractivity contribution in [3.8, 4) is 0 Å². The monoisotopic (exact) mass is 257 g/mol. The van der Waals surface area contributed by atoms with Gasteiger partial charge < -0.3 is 9.88 Å². The van der Waals surface area contributed by atoms with E-state index in [-0.39, 0.29) is 0 Å². The van der Waals surface area contributed by atoms with Crippen molar-refractivity contribution in [2.45, 2.75) is 25.7 Å². The molecule has 1 aromatic heterocycles. The van der Waals surface area contributed by atoms with E-state index in [0.29, 0.717) is 0 Å². The van der Waals surface area contributed by atoms with Crippen LogP contribution in [0.25, 0.3) is 11.0 Å². The van der Waals surface area contributed by atoms with Crippen LogP contribution in [0.4, 0.5) is 0 Å². The maximum atomic E-state index is 4.81. The summed E-state index contributed by atoms with van der Waals surface area (Å²) in [6.45, 7) is 1.15. The second kappa shape index (κ2) is 5.33. The first-order chi connectivity index (χ1) is 9.29. The Bertz CT molecular complexity index is 558. The fraction of sp³-hybridized carbons (Fsp3) is 0.562. The first-order valence-corrected chi connectivity index (χ1v) is 7.34. The van der Waals surface area contributed by atoms with Crippen LogP contribution in [-0.4, -0.2) is 23.1 Å². The highest BCUT2D eigenvalue weighted by Gasteiger charge is 2.28. The van der Waals surface area contributed by atoms with Crippen LogP contribution in [0.5, 0.6) is 0 Å². The van der Waals surface area contributed by atoms with Crippen LogP contribution in [0, 0.1) is 11.8 Å². The standard InChI is InChI=1S/C16H23N3/c1-17-11-13-7-5-6-12(13)10-16-18-14-8-3-4-9-15(14)19(16)2/h3-4,8-9,12-13,17H,5-7,10-11H2,1-2H3. The molecule has 1 aliphatic rings. The smallest absolute Gasteiger partial charge is 0.109 e. The van der Waals surface area contributed by atoms with Crippen LogP contribution in [-0.2, 0) is 13.5 Å². The van der Waals surface area contributed by atoms with E-state index in [1.165, 1.54) is 30.6 Å². The zero-order valence-electron chi connectivity index (χ0n) is 11.9. The maximum absolute atomic E-state index is 4.81. The second-order valence-corrected chi connectivity index (χ2v) is 5.79. The van der Waals surface area contributed by atoms with Crippen LogP contribution in [0.3, 0.4) is 0 Å². The molecule has 19 heavy (non-hydrogen) atoms. The van der Waals surface area contributed by atoms with Gasteiger partial charge in [-0.1, -0.05) is 18.6 Å². The highest BCUT2D eigenvalue weighted by Crippen LogP contribution is 2.34. The van der Waals surface area contributed by atoms with E-state index in [0.717, 1.165) is 30.3 Å². The van der Waals surface area contributed by atoms with Crippen molar-refractivity contribution in [2.75, 3.05) is 13.6 Å². The molecule has 2 aromatic rings. The van der Waals surface area contributed by atoms with Crippen LogP contribution in [0.1, 0.15) is 25.1 Å². The fourth-order valence-electron chi connectivity index (χ4n) is 3.53. The topological polar surface area (TPSA) is 29.9 Å². The highest BCUT2D eigenvalue weighted by molar-refractivity contribution is 5.75. The maximum Gasteiger partial charge on any atom is 0.109 e. The lowest BCUT2D eigenvalue weighted by Crippen LogP contribution is -2.24. The summed E-state index contributed by atoms with van der Waals surface area (Å²) in [6, 6.07) is 8.43. The Morgan fingerprint density at radius 1 is 1.26 bits per heavy atom. The molecule has 0 aliphatic heterocycles. The molecule has 0 amide bonds. The van der Waals surface area contributed by atoms with Gasteiger partial charge in [0, 0.05) is 13.5 Å². The van der Waals surface area contributed by atoms with Crippen molar-refractivity contribution >= 4 is 11.0 Å². The number of benzene rings is 1. The highest BCUT2D eigenvalue weighted by atomic mass is 15.1. The normalized spacial score (nSPS) is 23.3. The number of fused-ring (bicyclic) bond motifs is 1. The number of para-hydroxylation sites is 2. The molecule has 1 saturated carbocycles. The molecule has 2 unspecified atom stereocenters. The van der Waals surface area contributed by atoms with Crippen molar-refractivity contribution in [1.82, 2.24) is 14.9 Å². The summed E-state index contributed by atoms with van der Waals surface area (Å²) < 4.78 is 2.27. The molecule has 0 radical (unpaired) electrons. The molecule has 1 heterocycles. The molecule has 3 rings (SSSR count). The number of nitrogens with zero attached hydrogens (tertiary/aromatic N) is 2. The molecule has 102 valence electrons. The van der Waals surface area contributed by atoms with Gasteiger partial charge in [-0.2, -0.15) is 0 Å². The summed E-state index contributed by atoms with van der Waals surface area (Å²) in [5, 5.41) is 3.34. The van der Waals surface area contributed by atoms with Crippen molar-refractivity contribution in [3.05, 3.63) is 30.1 Å². The number of aryl methyl sites for hydroxylation is 1. The van der Waals surface area contributed by atoms with Gasteiger partial charge in [-0.25, -0.2) is 4.98 Å². The van der Waals surface area contributed by atoms with E-state index in [1.54, 1.807) is 0 Å². The minimum Gasteiger partial charge on any atom is -0.331 e. The zero-order valence-corrected chi connectivity index (χ0v) is 11.9. The summed E-state index contributed by atoms with van der Waals surface area (Å²) in [7, 11) is 4.21. The lowest BCUT2D eigenvalue weighted by molar-refractivity contribution is 0.366. The lowest BCUT2D eigenvalue weighted by Gasteiger charge is -2.18. The molecule has 1 N–H and O–H groups in total. The van der Waals surface area contributed by atoms with E-state index in [4.69, 9.17) is 4.98 Å². The third-order valence-corrected chi connectivity index (χ3v) is 4.61. The van der Waals surface area contributed by atoms with E-state index in [2.05, 4.69) is 48.2 Å². The largest absolute Gasteiger partial charge is 0.331 e. The van der Waals surface area contributed by atoms with Gasteiger partial charge in [0.2, 0.25) is 0 Å². The van der Waals surface area contributed by atoms with Crippen LogP contribution in [0.15, 0.2) is 24.3 Å². The number of rotatable bonds is 4. The first kappa shape index (κ1) is 12.7. The van der Waals surface area contributed by atoms with Crippen molar-refractivity contribution in [3.63, 3.8) is 0 Å². The van der Waals surface area contributed by atoms with Gasteiger partial charge in [0.15, 0.2) is 0 Å². The van der Waals surface area contributed by atoms with Gasteiger partial charge in [0.25, 0.3) is 0 Å². The van der Waals surface area contributed by atoms with E-state index in [9.17, 15) is 0 Å². The SMILES string of the molecule is CNCC1CCCC1Cc1nc2ccccc2n1C. The molecule has 2 atom stereocenters. The van der Waals surface area contributed by atoms with Crippen LogP contribution in [0.2, 0.25) is 0 Å². The van der Waals surface area contributed by atoms with Crippen molar-refractivity contribution in [1.29, 1.82) is 0 Å². The molecular formula is C16H23N3. The predicted octanol–water partition coefficient (Wildman–Crippen LogP) is 2.75. The third kappa shape index (κ3) is 2.39. The van der Waals surface area contributed by atoms with Crippen molar-refractivity contribution in [2.24, 2.45) is 18.9 Å². The molecule has 1 aromatic carbocycles. The number of hydrogen-bond acceptors (Lipinski definition) is 2. The fourth-order valence-corrected chi connectivity index (χ4v) is 3.53. The summed E-state index contributed by atoms with van der Waals surface area (Å²) >= 11 is 0. The van der Waals surface area contributed by atoms with Gasteiger partial charge >= 0.3 is 0 Å². The molecule has 1 aliphatic carbocycles. The van der Waals surface area contributed by atoms with E-state index >= 15 is 0 Å². The lowest BCUT2D eigenvalue weighted by atomic mass is 9.92. The average molecular weight is 257 g/mol. The first-order valence-electron chi connectivity index (χ1n) is 7.34. The van der Waals surface area contributed by atoms with Gasteiger partial charge in [-0.3, -0.25) is 0 Å². The minimum absolute atomic E-state index is 0.794. The minimum atomic E-state index is 0.794. The number of hydrogen-bond donors (Lipinski definition) is 1. The van der Waals surface area contributed by atoms with Crippen LogP contribution < -0.4 is 5.32 Å². The molecular weight excluding hydrogens is 234 g/mol. The number of aromatic nitrogens is 2. The average Bonchev–Trinajstić information content (AvgIpc) is 2.98. The third-order valence-electron chi connectivity index (χ3n) is 4.61. The van der Waals surface area contributed by atoms with E-state index in [1.807, 2.05) is 0 Å².